The first-order chi connectivity index (χ1) is 9.31. The van der Waals surface area contributed by atoms with Crippen molar-refractivity contribution in [2.75, 3.05) is 0 Å². The molecule has 1 aliphatic carbocycles. The molecule has 0 amide bonds. The lowest BCUT2D eigenvalue weighted by Gasteiger charge is -2.14. The third-order valence-electron chi connectivity index (χ3n) is 4.31. The van der Waals surface area contributed by atoms with Crippen molar-refractivity contribution in [1.29, 1.82) is 0 Å². The van der Waals surface area contributed by atoms with Crippen molar-refractivity contribution in [2.45, 2.75) is 50.8 Å². The van der Waals surface area contributed by atoms with E-state index in [4.69, 9.17) is 11.6 Å². The van der Waals surface area contributed by atoms with Gasteiger partial charge in [-0.2, -0.15) is 0 Å². The molecule has 1 heteroatoms. The van der Waals surface area contributed by atoms with Crippen LogP contribution in [0.25, 0.3) is 10.8 Å². The van der Waals surface area contributed by atoms with E-state index in [0.717, 1.165) is 6.42 Å². The van der Waals surface area contributed by atoms with Crippen LogP contribution in [0.2, 0.25) is 0 Å². The maximum absolute atomic E-state index is 6.65. The predicted molar refractivity (Wildman–Crippen MR) is 84.1 cm³/mol. The van der Waals surface area contributed by atoms with Crippen LogP contribution in [0.4, 0.5) is 0 Å². The van der Waals surface area contributed by atoms with Gasteiger partial charge in [0.15, 0.2) is 0 Å². The van der Waals surface area contributed by atoms with Crippen molar-refractivity contribution < 1.29 is 0 Å². The molecule has 2 aromatic rings. The van der Waals surface area contributed by atoms with Crippen LogP contribution in [0.3, 0.4) is 0 Å². The summed E-state index contributed by atoms with van der Waals surface area (Å²) in [5.74, 6) is 0. The third-order valence-corrected chi connectivity index (χ3v) is 4.76. The van der Waals surface area contributed by atoms with Gasteiger partial charge in [0.25, 0.3) is 0 Å². The highest BCUT2D eigenvalue weighted by molar-refractivity contribution is 6.22. The molecule has 0 N–H and O–H groups in total. The van der Waals surface area contributed by atoms with Gasteiger partial charge in [-0.15, -0.1) is 11.6 Å². The summed E-state index contributed by atoms with van der Waals surface area (Å²) in [5.41, 5.74) is 4.35. The molecule has 0 radical (unpaired) electrons. The van der Waals surface area contributed by atoms with Crippen molar-refractivity contribution >= 4 is 22.4 Å². The monoisotopic (exact) mass is 272 g/mol. The number of hydrogen-bond acceptors (Lipinski definition) is 0. The molecule has 1 unspecified atom stereocenters. The maximum Gasteiger partial charge on any atom is 0.0591 e. The molecule has 0 aromatic heterocycles. The molecule has 0 spiro atoms. The Labute approximate surface area is 120 Å². The van der Waals surface area contributed by atoms with Crippen LogP contribution in [0.15, 0.2) is 30.3 Å². The second-order valence-electron chi connectivity index (χ2n) is 5.62. The number of unbranched alkanes of at least 4 members (excludes halogenated alkanes) is 2. The summed E-state index contributed by atoms with van der Waals surface area (Å²) in [6.07, 6.45) is 7.25. The summed E-state index contributed by atoms with van der Waals surface area (Å²) in [6, 6.07) is 11.3. The molecule has 0 bridgehead atoms. The molecular weight excluding hydrogens is 252 g/mol. The van der Waals surface area contributed by atoms with E-state index in [1.807, 2.05) is 0 Å². The normalized spacial score (nSPS) is 15.1. The fourth-order valence-corrected chi connectivity index (χ4v) is 3.62. The van der Waals surface area contributed by atoms with Crippen LogP contribution in [0.1, 0.15) is 54.7 Å². The maximum atomic E-state index is 6.65. The quantitative estimate of drug-likeness (QED) is 0.477. The molecule has 0 aliphatic heterocycles. The Morgan fingerprint density at radius 1 is 1.05 bits per heavy atom. The Morgan fingerprint density at radius 3 is 2.63 bits per heavy atom. The Balaban J connectivity index is 1.96. The minimum atomic E-state index is 0.163. The molecule has 0 saturated heterocycles. The van der Waals surface area contributed by atoms with Crippen LogP contribution in [-0.2, 0) is 12.8 Å². The zero-order valence-corrected chi connectivity index (χ0v) is 12.3. The Kier molecular flexibility index (Phi) is 3.79. The van der Waals surface area contributed by atoms with E-state index in [1.54, 1.807) is 0 Å². The lowest BCUT2D eigenvalue weighted by atomic mass is 9.96. The highest BCUT2D eigenvalue weighted by Crippen LogP contribution is 2.38. The predicted octanol–water partition coefficient (Wildman–Crippen LogP) is 5.80. The van der Waals surface area contributed by atoms with Crippen LogP contribution in [0.5, 0.6) is 0 Å². The zero-order chi connectivity index (χ0) is 13.2. The summed E-state index contributed by atoms with van der Waals surface area (Å²) in [6.45, 7) is 2.24. The van der Waals surface area contributed by atoms with Crippen molar-refractivity contribution in [1.82, 2.24) is 0 Å². The van der Waals surface area contributed by atoms with Crippen molar-refractivity contribution in [2.24, 2.45) is 0 Å². The van der Waals surface area contributed by atoms with Gasteiger partial charge in [0.2, 0.25) is 0 Å². The molecular formula is C18H21Cl. The number of aryl methyl sites for hydroxylation is 2. The Morgan fingerprint density at radius 2 is 1.84 bits per heavy atom. The van der Waals surface area contributed by atoms with Gasteiger partial charge in [0.05, 0.1) is 5.38 Å². The second kappa shape index (κ2) is 5.54. The number of hydrogen-bond donors (Lipinski definition) is 0. The van der Waals surface area contributed by atoms with Gasteiger partial charge in [-0.3, -0.25) is 0 Å². The number of halogens is 1. The number of benzene rings is 2. The summed E-state index contributed by atoms with van der Waals surface area (Å²) < 4.78 is 0. The van der Waals surface area contributed by atoms with Crippen LogP contribution in [0, 0.1) is 0 Å². The van der Waals surface area contributed by atoms with E-state index >= 15 is 0 Å². The van der Waals surface area contributed by atoms with E-state index in [2.05, 4.69) is 37.3 Å². The van der Waals surface area contributed by atoms with E-state index in [-0.39, 0.29) is 5.38 Å². The van der Waals surface area contributed by atoms with Gasteiger partial charge < -0.3 is 0 Å². The minimum Gasteiger partial charge on any atom is -0.118 e. The highest BCUT2D eigenvalue weighted by Gasteiger charge is 2.18. The molecule has 0 nitrogen and oxygen atoms in total. The summed E-state index contributed by atoms with van der Waals surface area (Å²) >= 11 is 6.65. The highest BCUT2D eigenvalue weighted by atomic mass is 35.5. The minimum absolute atomic E-state index is 0.163. The summed E-state index contributed by atoms with van der Waals surface area (Å²) in [7, 11) is 0. The molecule has 2 aromatic carbocycles. The largest absolute Gasteiger partial charge is 0.118 e. The fraction of sp³-hybridized carbons (Fsp3) is 0.444. The standard InChI is InChI=1S/C18H21Cl/c1-2-3-4-8-17(19)15-12-11-14-10-9-13-6-5-7-16(15)18(13)14/h5-7,11-12,17H,2-4,8-10H2,1H3. The molecule has 1 aliphatic rings. The number of rotatable bonds is 5. The Hall–Kier alpha value is -1.01. The molecule has 0 saturated carbocycles. The summed E-state index contributed by atoms with van der Waals surface area (Å²) in [4.78, 5) is 0. The van der Waals surface area contributed by atoms with Crippen molar-refractivity contribution in [3.05, 3.63) is 47.0 Å². The number of alkyl halides is 1. The van der Waals surface area contributed by atoms with Crippen LogP contribution < -0.4 is 0 Å². The lowest BCUT2D eigenvalue weighted by Crippen LogP contribution is -1.94. The van der Waals surface area contributed by atoms with E-state index < -0.39 is 0 Å². The van der Waals surface area contributed by atoms with Gasteiger partial charge in [0, 0.05) is 0 Å². The van der Waals surface area contributed by atoms with Crippen molar-refractivity contribution in [3.8, 4) is 0 Å². The topological polar surface area (TPSA) is 0 Å². The second-order valence-corrected chi connectivity index (χ2v) is 6.14. The lowest BCUT2D eigenvalue weighted by molar-refractivity contribution is 0.657. The van der Waals surface area contributed by atoms with Gasteiger partial charge in [-0.25, -0.2) is 0 Å². The third kappa shape index (κ3) is 2.39. The van der Waals surface area contributed by atoms with E-state index in [9.17, 15) is 0 Å². The first-order valence-corrected chi connectivity index (χ1v) is 7.92. The Bertz CT molecular complexity index is 575. The van der Waals surface area contributed by atoms with Gasteiger partial charge in [0.1, 0.15) is 0 Å². The van der Waals surface area contributed by atoms with Crippen molar-refractivity contribution in [3.63, 3.8) is 0 Å². The average molecular weight is 273 g/mol. The molecule has 100 valence electrons. The summed E-state index contributed by atoms with van der Waals surface area (Å²) in [5, 5.41) is 3.04. The van der Waals surface area contributed by atoms with Gasteiger partial charge >= 0.3 is 0 Å². The van der Waals surface area contributed by atoms with Gasteiger partial charge in [-0.05, 0) is 46.7 Å². The zero-order valence-electron chi connectivity index (χ0n) is 11.6. The first kappa shape index (κ1) is 13.0. The van der Waals surface area contributed by atoms with Gasteiger partial charge in [-0.1, -0.05) is 56.5 Å². The SMILES string of the molecule is CCCCCC(Cl)c1ccc2c3c(cccc13)CC2. The van der Waals surface area contributed by atoms with Crippen LogP contribution in [-0.4, -0.2) is 0 Å². The molecule has 0 heterocycles. The van der Waals surface area contributed by atoms with E-state index in [0.29, 0.717) is 0 Å². The van der Waals surface area contributed by atoms with E-state index in [1.165, 1.54) is 59.6 Å². The molecule has 3 rings (SSSR count). The molecule has 1 atom stereocenters. The smallest absolute Gasteiger partial charge is 0.0591 e. The van der Waals surface area contributed by atoms with Crippen LogP contribution >= 0.6 is 11.6 Å². The first-order valence-electron chi connectivity index (χ1n) is 7.48. The average Bonchev–Trinajstić information content (AvgIpc) is 2.85. The fourth-order valence-electron chi connectivity index (χ4n) is 3.27. The molecule has 19 heavy (non-hydrogen) atoms. The molecule has 0 fully saturated rings.